The van der Waals surface area contributed by atoms with Crippen molar-refractivity contribution in [2.75, 3.05) is 13.1 Å². The van der Waals surface area contributed by atoms with Crippen LogP contribution in [0.25, 0.3) is 0 Å². The van der Waals surface area contributed by atoms with Gasteiger partial charge in [-0.15, -0.1) is 0 Å². The Hall–Kier alpha value is -2.17. The molecule has 0 saturated carbocycles. The Morgan fingerprint density at radius 2 is 1.83 bits per heavy atom. The predicted molar refractivity (Wildman–Crippen MR) is 90.4 cm³/mol. The van der Waals surface area contributed by atoms with Crippen LogP contribution >= 0.6 is 0 Å². The van der Waals surface area contributed by atoms with Crippen LogP contribution in [0.2, 0.25) is 0 Å². The van der Waals surface area contributed by atoms with Crippen LogP contribution in [0.4, 0.5) is 4.79 Å². The van der Waals surface area contributed by atoms with E-state index < -0.39 is 5.92 Å². The largest absolute Gasteiger partial charge is 0.445 e. The molecule has 1 unspecified atom stereocenters. The molecule has 1 atom stereocenters. The van der Waals surface area contributed by atoms with Gasteiger partial charge >= 0.3 is 6.09 Å². The molecule has 1 aliphatic heterocycles. The van der Waals surface area contributed by atoms with E-state index in [9.17, 15) is 14.4 Å². The second-order valence-electron chi connectivity index (χ2n) is 6.50. The lowest BCUT2D eigenvalue weighted by Gasteiger charge is -2.33. The van der Waals surface area contributed by atoms with E-state index in [0.29, 0.717) is 19.5 Å². The summed E-state index contributed by atoms with van der Waals surface area (Å²) in [7, 11) is 0. The quantitative estimate of drug-likeness (QED) is 0.751. The molecule has 1 amide bonds. The summed E-state index contributed by atoms with van der Waals surface area (Å²) in [5, 5.41) is 0. The summed E-state index contributed by atoms with van der Waals surface area (Å²) >= 11 is 0. The molecule has 2 rings (SSSR count). The van der Waals surface area contributed by atoms with Crippen molar-refractivity contribution in [3.05, 3.63) is 35.9 Å². The topological polar surface area (TPSA) is 63.7 Å². The number of carbonyl (C=O) groups is 3. The smallest absolute Gasteiger partial charge is 0.410 e. The van der Waals surface area contributed by atoms with Gasteiger partial charge in [0.05, 0.1) is 5.92 Å². The van der Waals surface area contributed by atoms with Gasteiger partial charge in [-0.05, 0) is 44.6 Å². The molecule has 24 heavy (non-hydrogen) atoms. The van der Waals surface area contributed by atoms with Crippen molar-refractivity contribution in [3.63, 3.8) is 0 Å². The maximum atomic E-state index is 12.2. The number of rotatable bonds is 6. The van der Waals surface area contributed by atoms with Gasteiger partial charge in [0.1, 0.15) is 18.2 Å². The van der Waals surface area contributed by atoms with Crippen LogP contribution in [0.1, 0.15) is 38.7 Å². The van der Waals surface area contributed by atoms with Crippen molar-refractivity contribution in [1.29, 1.82) is 0 Å². The minimum Gasteiger partial charge on any atom is -0.445 e. The molecule has 5 nitrogen and oxygen atoms in total. The highest BCUT2D eigenvalue weighted by molar-refractivity contribution is 6.00. The molecule has 0 aromatic heterocycles. The van der Waals surface area contributed by atoms with E-state index >= 15 is 0 Å². The van der Waals surface area contributed by atoms with Crippen LogP contribution in [-0.4, -0.2) is 35.6 Å². The summed E-state index contributed by atoms with van der Waals surface area (Å²) in [6.07, 6.45) is 1.99. The first-order valence-corrected chi connectivity index (χ1v) is 8.44. The lowest BCUT2D eigenvalue weighted by atomic mass is 9.85. The number of nitrogens with zero attached hydrogens (tertiary/aromatic N) is 1. The van der Waals surface area contributed by atoms with Gasteiger partial charge in [-0.25, -0.2) is 4.79 Å². The first-order valence-electron chi connectivity index (χ1n) is 8.44. The fourth-order valence-corrected chi connectivity index (χ4v) is 3.19. The van der Waals surface area contributed by atoms with Crippen molar-refractivity contribution in [2.24, 2.45) is 11.8 Å². The first kappa shape index (κ1) is 18.2. The highest BCUT2D eigenvalue weighted by Crippen LogP contribution is 2.25. The summed E-state index contributed by atoms with van der Waals surface area (Å²) in [4.78, 5) is 37.1. The lowest BCUT2D eigenvalue weighted by molar-refractivity contribution is -0.131. The fourth-order valence-electron chi connectivity index (χ4n) is 3.19. The van der Waals surface area contributed by atoms with Crippen molar-refractivity contribution in [3.8, 4) is 0 Å². The number of hydrogen-bond donors (Lipinski definition) is 0. The molecule has 0 aliphatic carbocycles. The Morgan fingerprint density at radius 3 is 2.46 bits per heavy atom. The number of amides is 1. The van der Waals surface area contributed by atoms with E-state index in [4.69, 9.17) is 4.74 Å². The van der Waals surface area contributed by atoms with E-state index in [1.54, 1.807) is 4.90 Å². The summed E-state index contributed by atoms with van der Waals surface area (Å²) in [6, 6.07) is 9.56. The third kappa shape index (κ3) is 5.18. The number of benzene rings is 1. The van der Waals surface area contributed by atoms with Crippen LogP contribution in [0, 0.1) is 11.8 Å². The normalized spacial score (nSPS) is 17.6. The average Bonchev–Trinajstić information content (AvgIpc) is 2.58. The number of carbonyl (C=O) groups excluding carboxylic acids is 3. The Morgan fingerprint density at radius 1 is 1.17 bits per heavy atom. The number of ketones is 2. The van der Waals surface area contributed by atoms with Gasteiger partial charge in [0, 0.05) is 13.1 Å². The first-order chi connectivity index (χ1) is 11.5. The van der Waals surface area contributed by atoms with Crippen LogP contribution < -0.4 is 0 Å². The van der Waals surface area contributed by atoms with Gasteiger partial charge in [0.2, 0.25) is 0 Å². The van der Waals surface area contributed by atoms with Gasteiger partial charge in [-0.1, -0.05) is 30.3 Å². The Kier molecular flexibility index (Phi) is 6.53. The highest BCUT2D eigenvalue weighted by atomic mass is 16.6. The molecule has 1 fully saturated rings. The molecule has 1 aliphatic rings. The van der Waals surface area contributed by atoms with E-state index in [1.807, 2.05) is 30.3 Å². The Balaban J connectivity index is 1.86. The lowest BCUT2D eigenvalue weighted by Crippen LogP contribution is -2.41. The van der Waals surface area contributed by atoms with Gasteiger partial charge in [0.25, 0.3) is 0 Å². The Bertz CT molecular complexity index is 570. The van der Waals surface area contributed by atoms with Crippen molar-refractivity contribution in [1.82, 2.24) is 4.90 Å². The molecule has 1 aromatic carbocycles. The van der Waals surface area contributed by atoms with Gasteiger partial charge in [-0.3, -0.25) is 9.59 Å². The monoisotopic (exact) mass is 331 g/mol. The second kappa shape index (κ2) is 8.62. The zero-order chi connectivity index (χ0) is 17.5. The van der Waals surface area contributed by atoms with Gasteiger partial charge in [0.15, 0.2) is 0 Å². The maximum Gasteiger partial charge on any atom is 0.410 e. The van der Waals surface area contributed by atoms with E-state index in [2.05, 4.69) is 0 Å². The third-order valence-corrected chi connectivity index (χ3v) is 4.53. The van der Waals surface area contributed by atoms with Crippen LogP contribution in [0.3, 0.4) is 0 Å². The fraction of sp³-hybridized carbons (Fsp3) is 0.526. The van der Waals surface area contributed by atoms with Gasteiger partial charge in [-0.2, -0.15) is 0 Å². The van der Waals surface area contributed by atoms with E-state index in [-0.39, 0.29) is 30.2 Å². The highest BCUT2D eigenvalue weighted by Gasteiger charge is 2.29. The molecular formula is C19H25NO4. The third-order valence-electron chi connectivity index (χ3n) is 4.53. The number of hydrogen-bond acceptors (Lipinski definition) is 4. The zero-order valence-corrected chi connectivity index (χ0v) is 14.4. The molecule has 1 aromatic rings. The summed E-state index contributed by atoms with van der Waals surface area (Å²) < 4.78 is 5.37. The second-order valence-corrected chi connectivity index (χ2v) is 6.50. The molecule has 130 valence electrons. The zero-order valence-electron chi connectivity index (χ0n) is 14.4. The molecule has 0 N–H and O–H groups in total. The van der Waals surface area contributed by atoms with Crippen LogP contribution in [0.15, 0.2) is 30.3 Å². The Labute approximate surface area is 143 Å². The molecule has 1 heterocycles. The van der Waals surface area contributed by atoms with E-state index in [0.717, 1.165) is 18.4 Å². The van der Waals surface area contributed by atoms with Crippen molar-refractivity contribution >= 4 is 17.7 Å². The minimum absolute atomic E-state index is 0.0914. The van der Waals surface area contributed by atoms with Crippen molar-refractivity contribution < 1.29 is 19.1 Å². The summed E-state index contributed by atoms with van der Waals surface area (Å²) in [6.45, 7) is 4.38. The van der Waals surface area contributed by atoms with Crippen LogP contribution in [-0.2, 0) is 20.9 Å². The molecule has 0 bridgehead atoms. The number of piperidine rings is 1. The number of Topliss-reactive ketones (excluding diaryl/α,β-unsaturated/α-hetero) is 2. The SMILES string of the molecule is CC(=O)C(CC1CCCN(C(=O)OCc2ccccc2)C1)C(C)=O. The summed E-state index contributed by atoms with van der Waals surface area (Å²) in [5.74, 6) is -0.561. The predicted octanol–water partition coefficient (Wildman–Crippen LogP) is 3.22. The molecular weight excluding hydrogens is 306 g/mol. The maximum absolute atomic E-state index is 12.2. The minimum atomic E-state index is -0.546. The number of ether oxygens (including phenoxy) is 1. The standard InChI is InChI=1S/C19H25NO4/c1-14(21)18(15(2)22)11-17-9-6-10-20(12-17)19(23)24-13-16-7-4-3-5-8-16/h3-5,7-8,17-18H,6,9-13H2,1-2H3. The molecule has 5 heteroatoms. The number of likely N-dealkylation sites (tertiary alicyclic amines) is 1. The molecule has 0 radical (unpaired) electrons. The van der Waals surface area contributed by atoms with Crippen LogP contribution in [0.5, 0.6) is 0 Å². The van der Waals surface area contributed by atoms with Gasteiger partial charge < -0.3 is 9.64 Å². The van der Waals surface area contributed by atoms with Crippen molar-refractivity contribution in [2.45, 2.75) is 39.7 Å². The molecule has 0 spiro atoms. The van der Waals surface area contributed by atoms with E-state index in [1.165, 1.54) is 13.8 Å². The average molecular weight is 331 g/mol. The molecule has 1 saturated heterocycles. The summed E-state index contributed by atoms with van der Waals surface area (Å²) in [5.41, 5.74) is 0.952.